The first-order valence-corrected chi connectivity index (χ1v) is 12.8. The zero-order valence-corrected chi connectivity index (χ0v) is 22.9. The summed E-state index contributed by atoms with van der Waals surface area (Å²) < 4.78 is 5.46. The van der Waals surface area contributed by atoms with Crippen molar-refractivity contribution in [2.75, 3.05) is 6.54 Å². The van der Waals surface area contributed by atoms with Gasteiger partial charge in [-0.1, -0.05) is 68.1 Å². The molecule has 0 saturated carbocycles. The van der Waals surface area contributed by atoms with Gasteiger partial charge in [-0.3, -0.25) is 9.59 Å². The van der Waals surface area contributed by atoms with Gasteiger partial charge in [-0.25, -0.2) is 4.79 Å². The Labute approximate surface area is 221 Å². The molecule has 2 atom stereocenters. The summed E-state index contributed by atoms with van der Waals surface area (Å²) in [6.07, 6.45) is 1.90. The summed E-state index contributed by atoms with van der Waals surface area (Å²) in [6.45, 7) is 15.2. The fourth-order valence-corrected chi connectivity index (χ4v) is 4.00. The van der Waals surface area contributed by atoms with E-state index in [9.17, 15) is 14.4 Å². The average molecular weight is 508 g/mol. The molecule has 2 aromatic carbocycles. The average Bonchev–Trinajstić information content (AvgIpc) is 2.82. The van der Waals surface area contributed by atoms with Gasteiger partial charge in [-0.2, -0.15) is 0 Å². The van der Waals surface area contributed by atoms with Gasteiger partial charge in [0.1, 0.15) is 17.7 Å². The van der Waals surface area contributed by atoms with Crippen molar-refractivity contribution in [3.05, 3.63) is 77.9 Å². The number of alkyl carbamates (subject to hydrolysis) is 1. The SMILES string of the molecule is C=Cc1cccc(C(C(=O)NC(C)C)N(CCC)C(=O)C(Cc2ccccc2)NC(=O)OC(C)(C)C)c1. The second-order valence-corrected chi connectivity index (χ2v) is 10.4. The lowest BCUT2D eigenvalue weighted by Gasteiger charge is -2.35. The Morgan fingerprint density at radius 1 is 1.03 bits per heavy atom. The number of amides is 3. The first kappa shape index (κ1) is 29.6. The van der Waals surface area contributed by atoms with Crippen molar-refractivity contribution >= 4 is 24.0 Å². The van der Waals surface area contributed by atoms with Gasteiger partial charge in [-0.15, -0.1) is 0 Å². The highest BCUT2D eigenvalue weighted by Gasteiger charge is 2.36. The third kappa shape index (κ3) is 9.41. The van der Waals surface area contributed by atoms with Gasteiger partial charge >= 0.3 is 6.09 Å². The van der Waals surface area contributed by atoms with E-state index in [1.807, 2.05) is 75.4 Å². The minimum atomic E-state index is -0.930. The van der Waals surface area contributed by atoms with Crippen molar-refractivity contribution < 1.29 is 19.1 Å². The Kier molecular flexibility index (Phi) is 10.9. The molecule has 2 aromatic rings. The highest BCUT2D eigenvalue weighted by atomic mass is 16.6. The molecule has 200 valence electrons. The molecule has 0 bridgehead atoms. The summed E-state index contributed by atoms with van der Waals surface area (Å²) in [4.78, 5) is 42.0. The molecule has 37 heavy (non-hydrogen) atoms. The first-order chi connectivity index (χ1) is 17.4. The molecule has 0 spiro atoms. The van der Waals surface area contributed by atoms with E-state index in [1.54, 1.807) is 31.7 Å². The Morgan fingerprint density at radius 3 is 2.27 bits per heavy atom. The lowest BCUT2D eigenvalue weighted by atomic mass is 9.98. The number of carbonyl (C=O) groups is 3. The van der Waals surface area contributed by atoms with Crippen molar-refractivity contribution in [1.82, 2.24) is 15.5 Å². The first-order valence-electron chi connectivity index (χ1n) is 12.8. The third-order valence-electron chi connectivity index (χ3n) is 5.47. The lowest BCUT2D eigenvalue weighted by Crippen LogP contribution is -2.54. The highest BCUT2D eigenvalue weighted by Crippen LogP contribution is 2.25. The Balaban J connectivity index is 2.53. The zero-order valence-electron chi connectivity index (χ0n) is 22.9. The smallest absolute Gasteiger partial charge is 0.408 e. The second kappa shape index (κ2) is 13.6. The molecule has 0 fully saturated rings. The van der Waals surface area contributed by atoms with Crippen LogP contribution in [0.3, 0.4) is 0 Å². The van der Waals surface area contributed by atoms with Crippen LogP contribution < -0.4 is 10.6 Å². The minimum Gasteiger partial charge on any atom is -0.444 e. The molecule has 0 aliphatic rings. The van der Waals surface area contributed by atoms with Crippen LogP contribution in [0.2, 0.25) is 0 Å². The van der Waals surface area contributed by atoms with Gasteiger partial charge in [0.25, 0.3) is 0 Å². The van der Waals surface area contributed by atoms with Gasteiger partial charge < -0.3 is 20.3 Å². The number of hydrogen-bond donors (Lipinski definition) is 2. The molecule has 2 rings (SSSR count). The van der Waals surface area contributed by atoms with Crippen LogP contribution in [0.5, 0.6) is 0 Å². The highest BCUT2D eigenvalue weighted by molar-refractivity contribution is 5.92. The van der Waals surface area contributed by atoms with Crippen LogP contribution in [0, 0.1) is 0 Å². The van der Waals surface area contributed by atoms with E-state index in [0.29, 0.717) is 18.5 Å². The normalized spacial score (nSPS) is 12.8. The number of hydrogen-bond acceptors (Lipinski definition) is 4. The molecule has 0 radical (unpaired) electrons. The number of benzene rings is 2. The topological polar surface area (TPSA) is 87.7 Å². The lowest BCUT2D eigenvalue weighted by molar-refractivity contribution is -0.142. The maximum absolute atomic E-state index is 14.2. The zero-order chi connectivity index (χ0) is 27.6. The fourth-order valence-electron chi connectivity index (χ4n) is 4.00. The summed E-state index contributed by atoms with van der Waals surface area (Å²) >= 11 is 0. The van der Waals surface area contributed by atoms with E-state index in [0.717, 1.165) is 11.1 Å². The van der Waals surface area contributed by atoms with E-state index in [4.69, 9.17) is 4.74 Å². The van der Waals surface area contributed by atoms with Crippen molar-refractivity contribution in [2.45, 2.75) is 78.1 Å². The standard InChI is InChI=1S/C30H41N3O4/c1-8-18-33(26(27(34)31-21(3)4)24-17-13-16-22(9-2)19-24)28(35)25(20-23-14-11-10-12-15-23)32-29(36)37-30(5,6)7/h9-17,19,21,25-26H,2,8,18,20H2,1,3-7H3,(H,31,34)(H,32,36). The largest absolute Gasteiger partial charge is 0.444 e. The predicted octanol–water partition coefficient (Wildman–Crippen LogP) is 5.27. The molecular weight excluding hydrogens is 466 g/mol. The number of ether oxygens (including phenoxy) is 1. The molecule has 0 aromatic heterocycles. The van der Waals surface area contributed by atoms with Gasteiger partial charge in [0.15, 0.2) is 0 Å². The molecule has 7 heteroatoms. The van der Waals surface area contributed by atoms with Crippen molar-refractivity contribution in [1.29, 1.82) is 0 Å². The monoisotopic (exact) mass is 507 g/mol. The molecule has 0 aliphatic carbocycles. The third-order valence-corrected chi connectivity index (χ3v) is 5.47. The Hall–Kier alpha value is -3.61. The molecule has 0 aliphatic heterocycles. The van der Waals surface area contributed by atoms with E-state index in [2.05, 4.69) is 17.2 Å². The van der Waals surface area contributed by atoms with Crippen LogP contribution in [0.15, 0.2) is 61.2 Å². The van der Waals surface area contributed by atoms with E-state index >= 15 is 0 Å². The number of carbonyl (C=O) groups excluding carboxylic acids is 3. The maximum atomic E-state index is 14.2. The molecule has 0 heterocycles. The second-order valence-electron chi connectivity index (χ2n) is 10.4. The van der Waals surface area contributed by atoms with E-state index in [1.165, 1.54) is 0 Å². The summed E-state index contributed by atoms with van der Waals surface area (Å²) in [6, 6.07) is 15.0. The molecule has 3 amide bonds. The number of rotatable bonds is 11. The summed E-state index contributed by atoms with van der Waals surface area (Å²) in [5.74, 6) is -0.641. The number of nitrogens with one attached hydrogen (secondary N) is 2. The van der Waals surface area contributed by atoms with Crippen molar-refractivity contribution in [3.8, 4) is 0 Å². The fraction of sp³-hybridized carbons (Fsp3) is 0.433. The van der Waals surface area contributed by atoms with Crippen LogP contribution >= 0.6 is 0 Å². The molecular formula is C30H41N3O4. The van der Waals surface area contributed by atoms with Crippen LogP contribution in [-0.4, -0.2) is 47.0 Å². The van der Waals surface area contributed by atoms with Crippen LogP contribution in [-0.2, 0) is 20.7 Å². The Bertz CT molecular complexity index is 1060. The summed E-state index contributed by atoms with van der Waals surface area (Å²) in [5.41, 5.74) is 1.67. The molecule has 7 nitrogen and oxygen atoms in total. The van der Waals surface area contributed by atoms with Crippen LogP contribution in [0.25, 0.3) is 6.08 Å². The van der Waals surface area contributed by atoms with Crippen LogP contribution in [0.1, 0.15) is 70.7 Å². The van der Waals surface area contributed by atoms with E-state index < -0.39 is 23.8 Å². The van der Waals surface area contributed by atoms with Gasteiger partial charge in [0, 0.05) is 19.0 Å². The van der Waals surface area contributed by atoms with Gasteiger partial charge in [0.05, 0.1) is 0 Å². The quantitative estimate of drug-likeness (QED) is 0.434. The van der Waals surface area contributed by atoms with E-state index in [-0.39, 0.29) is 24.3 Å². The molecule has 2 unspecified atom stereocenters. The number of nitrogens with zero attached hydrogens (tertiary/aromatic N) is 1. The molecule has 2 N–H and O–H groups in total. The maximum Gasteiger partial charge on any atom is 0.408 e. The molecule has 0 saturated heterocycles. The Morgan fingerprint density at radius 2 is 1.70 bits per heavy atom. The predicted molar refractivity (Wildman–Crippen MR) is 148 cm³/mol. The minimum absolute atomic E-state index is 0.115. The summed E-state index contributed by atoms with van der Waals surface area (Å²) in [5, 5.41) is 5.73. The summed E-state index contributed by atoms with van der Waals surface area (Å²) in [7, 11) is 0. The van der Waals surface area contributed by atoms with Crippen molar-refractivity contribution in [2.24, 2.45) is 0 Å². The van der Waals surface area contributed by atoms with Gasteiger partial charge in [-0.05, 0) is 63.8 Å². The van der Waals surface area contributed by atoms with Gasteiger partial charge in [0.2, 0.25) is 11.8 Å². The van der Waals surface area contributed by atoms with Crippen LogP contribution in [0.4, 0.5) is 4.79 Å². The van der Waals surface area contributed by atoms with Crippen molar-refractivity contribution in [3.63, 3.8) is 0 Å².